The zero-order valence-corrected chi connectivity index (χ0v) is 11.6. The number of benzene rings is 2. The van der Waals surface area contributed by atoms with Crippen LogP contribution in [0, 0.1) is 6.92 Å². The van der Waals surface area contributed by atoms with Crippen molar-refractivity contribution in [3.05, 3.63) is 53.6 Å². The second kappa shape index (κ2) is 4.98. The molecule has 0 saturated carbocycles. The first-order chi connectivity index (χ1) is 9.69. The largest absolute Gasteiger partial charge is 0.380 e. The molecule has 20 heavy (non-hydrogen) atoms. The molecule has 0 aliphatic heterocycles. The fourth-order valence-corrected chi connectivity index (χ4v) is 2.43. The van der Waals surface area contributed by atoms with Crippen LogP contribution in [0.1, 0.15) is 11.1 Å². The van der Waals surface area contributed by atoms with Crippen LogP contribution in [-0.4, -0.2) is 16.7 Å². The maximum atomic E-state index is 6.08. The maximum absolute atomic E-state index is 6.08. The molecule has 1 aromatic heterocycles. The van der Waals surface area contributed by atoms with E-state index < -0.39 is 0 Å². The predicted molar refractivity (Wildman–Crippen MR) is 80.9 cm³/mol. The first-order valence-electron chi connectivity index (χ1n) is 6.52. The summed E-state index contributed by atoms with van der Waals surface area (Å²) in [4.78, 5) is 4.44. The van der Waals surface area contributed by atoms with E-state index in [4.69, 9.17) is 10.5 Å². The van der Waals surface area contributed by atoms with Gasteiger partial charge in [0.15, 0.2) is 0 Å². The summed E-state index contributed by atoms with van der Waals surface area (Å²) in [5, 5.41) is 0. The molecule has 1 heterocycles. The Morgan fingerprint density at radius 3 is 2.85 bits per heavy atom. The number of fused-ring (bicyclic) bond motifs is 1. The van der Waals surface area contributed by atoms with Gasteiger partial charge in [-0.25, -0.2) is 4.98 Å². The molecule has 2 N–H and O–H groups in total. The van der Waals surface area contributed by atoms with Crippen molar-refractivity contribution in [1.82, 2.24) is 9.55 Å². The molecule has 0 unspecified atom stereocenters. The third-order valence-corrected chi connectivity index (χ3v) is 3.32. The van der Waals surface area contributed by atoms with E-state index in [9.17, 15) is 0 Å². The molecule has 0 atom stereocenters. The molecular formula is C16H17N3O. The van der Waals surface area contributed by atoms with Crippen LogP contribution < -0.4 is 5.73 Å². The van der Waals surface area contributed by atoms with Crippen LogP contribution in [0.5, 0.6) is 0 Å². The van der Waals surface area contributed by atoms with Gasteiger partial charge in [-0.05, 0) is 42.3 Å². The summed E-state index contributed by atoms with van der Waals surface area (Å²) in [6.45, 7) is 2.63. The van der Waals surface area contributed by atoms with Crippen LogP contribution in [0.15, 0.2) is 42.5 Å². The van der Waals surface area contributed by atoms with Crippen molar-refractivity contribution in [2.75, 3.05) is 12.8 Å². The molecule has 3 aromatic rings. The van der Waals surface area contributed by atoms with Gasteiger partial charge in [0, 0.05) is 12.8 Å². The number of rotatable bonds is 3. The Kier molecular flexibility index (Phi) is 3.16. The number of nitrogen functional groups attached to an aromatic ring is 1. The summed E-state index contributed by atoms with van der Waals surface area (Å²) in [6, 6.07) is 14.3. The number of hydrogen-bond acceptors (Lipinski definition) is 3. The number of imidazole rings is 1. The van der Waals surface area contributed by atoms with Gasteiger partial charge >= 0.3 is 0 Å². The predicted octanol–water partition coefficient (Wildman–Crippen LogP) is 3.06. The van der Waals surface area contributed by atoms with Crippen molar-refractivity contribution in [3.8, 4) is 5.69 Å². The topological polar surface area (TPSA) is 53.1 Å². The molecule has 0 bridgehead atoms. The van der Waals surface area contributed by atoms with E-state index in [1.54, 1.807) is 7.11 Å². The van der Waals surface area contributed by atoms with Crippen LogP contribution >= 0.6 is 0 Å². The molecular weight excluding hydrogens is 250 g/mol. The van der Waals surface area contributed by atoms with Gasteiger partial charge in [0.2, 0.25) is 5.95 Å². The summed E-state index contributed by atoms with van der Waals surface area (Å²) in [6.07, 6.45) is 0. The molecule has 2 aromatic carbocycles. The van der Waals surface area contributed by atoms with Gasteiger partial charge in [-0.2, -0.15) is 0 Å². The third-order valence-electron chi connectivity index (χ3n) is 3.32. The fourth-order valence-electron chi connectivity index (χ4n) is 2.43. The lowest BCUT2D eigenvalue weighted by Crippen LogP contribution is -2.01. The number of nitrogens with zero attached hydrogens (tertiary/aromatic N) is 2. The minimum atomic E-state index is 0.500. The highest BCUT2D eigenvalue weighted by atomic mass is 16.5. The second-order valence-corrected chi connectivity index (χ2v) is 4.90. The molecule has 0 saturated heterocycles. The summed E-state index contributed by atoms with van der Waals surface area (Å²) in [5.74, 6) is 0.500. The Hall–Kier alpha value is -2.33. The van der Waals surface area contributed by atoms with Crippen molar-refractivity contribution >= 4 is 17.0 Å². The van der Waals surface area contributed by atoms with Gasteiger partial charge in [-0.1, -0.05) is 18.2 Å². The number of hydrogen-bond donors (Lipinski definition) is 1. The Bertz CT molecular complexity index is 762. The average molecular weight is 267 g/mol. The quantitative estimate of drug-likeness (QED) is 0.793. The van der Waals surface area contributed by atoms with Crippen LogP contribution in [0.25, 0.3) is 16.7 Å². The van der Waals surface area contributed by atoms with Crippen molar-refractivity contribution in [2.24, 2.45) is 0 Å². The molecule has 4 heteroatoms. The number of aromatic nitrogens is 2. The molecule has 3 rings (SSSR count). The molecule has 0 radical (unpaired) electrons. The highest BCUT2D eigenvalue weighted by Crippen LogP contribution is 2.24. The molecule has 0 aliphatic rings. The first kappa shape index (κ1) is 12.7. The molecule has 0 amide bonds. The van der Waals surface area contributed by atoms with Gasteiger partial charge < -0.3 is 10.5 Å². The Morgan fingerprint density at radius 1 is 1.20 bits per heavy atom. The van der Waals surface area contributed by atoms with E-state index in [0.29, 0.717) is 12.6 Å². The van der Waals surface area contributed by atoms with Crippen LogP contribution in [-0.2, 0) is 11.3 Å². The lowest BCUT2D eigenvalue weighted by Gasteiger charge is -2.08. The van der Waals surface area contributed by atoms with E-state index in [1.807, 2.05) is 35.8 Å². The number of aryl methyl sites for hydroxylation is 1. The third kappa shape index (κ3) is 2.14. The zero-order chi connectivity index (χ0) is 14.1. The van der Waals surface area contributed by atoms with Gasteiger partial charge in [0.25, 0.3) is 0 Å². The fraction of sp³-hybridized carbons (Fsp3) is 0.188. The maximum Gasteiger partial charge on any atom is 0.205 e. The number of nitrogens with two attached hydrogens (primary N) is 1. The lowest BCUT2D eigenvalue weighted by molar-refractivity contribution is 0.185. The van der Waals surface area contributed by atoms with Gasteiger partial charge in [-0.15, -0.1) is 0 Å². The molecule has 0 fully saturated rings. The first-order valence-corrected chi connectivity index (χ1v) is 6.52. The number of methoxy groups -OCH3 is 1. The van der Waals surface area contributed by atoms with E-state index in [2.05, 4.69) is 23.2 Å². The lowest BCUT2D eigenvalue weighted by atomic mass is 10.2. The van der Waals surface area contributed by atoms with E-state index in [1.165, 1.54) is 5.56 Å². The number of ether oxygens (including phenoxy) is 1. The van der Waals surface area contributed by atoms with E-state index in [0.717, 1.165) is 22.3 Å². The minimum absolute atomic E-state index is 0.500. The summed E-state index contributed by atoms with van der Waals surface area (Å²) < 4.78 is 7.14. The zero-order valence-electron chi connectivity index (χ0n) is 11.6. The Morgan fingerprint density at radius 2 is 2.05 bits per heavy atom. The SMILES string of the molecule is COCc1cccc(-n2c(N)nc3cc(C)ccc32)c1. The standard InChI is InChI=1S/C16H17N3O/c1-11-6-7-15-14(8-11)18-16(17)19(15)13-5-3-4-12(9-13)10-20-2/h3-9H,10H2,1-2H3,(H2,17,18). The summed E-state index contributed by atoms with van der Waals surface area (Å²) in [7, 11) is 1.69. The van der Waals surface area contributed by atoms with Crippen LogP contribution in [0.3, 0.4) is 0 Å². The van der Waals surface area contributed by atoms with Crippen LogP contribution in [0.2, 0.25) is 0 Å². The van der Waals surface area contributed by atoms with Crippen LogP contribution in [0.4, 0.5) is 5.95 Å². The van der Waals surface area contributed by atoms with Gasteiger partial charge in [0.05, 0.1) is 17.6 Å². The van der Waals surface area contributed by atoms with Crippen molar-refractivity contribution in [3.63, 3.8) is 0 Å². The van der Waals surface area contributed by atoms with Crippen molar-refractivity contribution in [2.45, 2.75) is 13.5 Å². The average Bonchev–Trinajstić information content (AvgIpc) is 2.74. The second-order valence-electron chi connectivity index (χ2n) is 4.90. The Labute approximate surface area is 117 Å². The molecule has 0 spiro atoms. The normalized spacial score (nSPS) is 11.1. The summed E-state index contributed by atoms with van der Waals surface area (Å²) in [5.41, 5.74) is 11.3. The minimum Gasteiger partial charge on any atom is -0.380 e. The van der Waals surface area contributed by atoms with Crippen molar-refractivity contribution in [1.29, 1.82) is 0 Å². The smallest absolute Gasteiger partial charge is 0.205 e. The highest BCUT2D eigenvalue weighted by molar-refractivity contribution is 5.81. The van der Waals surface area contributed by atoms with E-state index >= 15 is 0 Å². The van der Waals surface area contributed by atoms with E-state index in [-0.39, 0.29) is 0 Å². The summed E-state index contributed by atoms with van der Waals surface area (Å²) >= 11 is 0. The Balaban J connectivity index is 2.18. The monoisotopic (exact) mass is 267 g/mol. The molecule has 0 aliphatic carbocycles. The molecule has 102 valence electrons. The van der Waals surface area contributed by atoms with Gasteiger partial charge in [0.1, 0.15) is 0 Å². The number of anilines is 1. The molecule has 4 nitrogen and oxygen atoms in total. The highest BCUT2D eigenvalue weighted by Gasteiger charge is 2.10. The van der Waals surface area contributed by atoms with Crippen molar-refractivity contribution < 1.29 is 4.74 Å². The van der Waals surface area contributed by atoms with Gasteiger partial charge in [-0.3, -0.25) is 4.57 Å².